The van der Waals surface area contributed by atoms with Crippen molar-refractivity contribution in [2.75, 3.05) is 26.6 Å². The fraction of sp³-hybridized carbons (Fsp3) is 1.00. The summed E-state index contributed by atoms with van der Waals surface area (Å²) in [6.45, 7) is 13.7. The lowest BCUT2D eigenvalue weighted by molar-refractivity contribution is 0.0000948. The summed E-state index contributed by atoms with van der Waals surface area (Å²) in [7, 11) is 0. The van der Waals surface area contributed by atoms with Crippen molar-refractivity contribution in [3.8, 4) is 0 Å². The molecule has 0 saturated carbocycles. The lowest BCUT2D eigenvalue weighted by Crippen LogP contribution is -2.26. The van der Waals surface area contributed by atoms with Crippen molar-refractivity contribution >= 4 is 0 Å². The van der Waals surface area contributed by atoms with E-state index in [1.807, 2.05) is 0 Å². The highest BCUT2D eigenvalue weighted by Gasteiger charge is 2.21. The van der Waals surface area contributed by atoms with Gasteiger partial charge in [0, 0.05) is 6.61 Å². The highest BCUT2D eigenvalue weighted by atomic mass is 16.5. The molecule has 0 rings (SSSR count). The van der Waals surface area contributed by atoms with Gasteiger partial charge in [-0.3, -0.25) is 0 Å². The fourth-order valence-electron chi connectivity index (χ4n) is 1.21. The molecule has 0 bridgehead atoms. The summed E-state index contributed by atoms with van der Waals surface area (Å²) in [6, 6.07) is 0. The third-order valence-electron chi connectivity index (χ3n) is 2.98. The minimum Gasteiger partial charge on any atom is -0.380 e. The molecular formula is C13H29NO2. The van der Waals surface area contributed by atoms with E-state index >= 15 is 0 Å². The Bertz CT molecular complexity index is 179. The molecule has 0 aliphatic heterocycles. The van der Waals surface area contributed by atoms with Crippen LogP contribution in [0.1, 0.15) is 47.5 Å². The van der Waals surface area contributed by atoms with E-state index in [0.717, 1.165) is 26.1 Å². The molecule has 0 heterocycles. The van der Waals surface area contributed by atoms with Crippen LogP contribution in [0.15, 0.2) is 0 Å². The first-order valence-corrected chi connectivity index (χ1v) is 6.18. The molecule has 3 nitrogen and oxygen atoms in total. The van der Waals surface area contributed by atoms with Gasteiger partial charge in [-0.2, -0.15) is 0 Å². The van der Waals surface area contributed by atoms with Crippen LogP contribution in [0.4, 0.5) is 0 Å². The molecule has 0 aromatic rings. The van der Waals surface area contributed by atoms with Crippen LogP contribution < -0.4 is 5.73 Å². The Kier molecular flexibility index (Phi) is 7.20. The number of hydrogen-bond acceptors (Lipinski definition) is 3. The maximum absolute atomic E-state index is 5.80. The lowest BCUT2D eigenvalue weighted by Gasteiger charge is -2.28. The standard InChI is InChI=1S/C13H29NO2/c1-6-12(2,3)9-16-10-13(4,5)7-8-15-11-14/h6-11,14H2,1-5H3. The fourth-order valence-corrected chi connectivity index (χ4v) is 1.21. The molecule has 2 N–H and O–H groups in total. The first kappa shape index (κ1) is 15.9. The highest BCUT2D eigenvalue weighted by molar-refractivity contribution is 4.70. The molecule has 0 aromatic carbocycles. The Hall–Kier alpha value is -0.120. The summed E-state index contributed by atoms with van der Waals surface area (Å²) in [5, 5.41) is 0. The van der Waals surface area contributed by atoms with E-state index in [4.69, 9.17) is 15.2 Å². The number of ether oxygens (including phenoxy) is 2. The average molecular weight is 231 g/mol. The zero-order valence-corrected chi connectivity index (χ0v) is 11.6. The minimum absolute atomic E-state index is 0.166. The predicted molar refractivity (Wildman–Crippen MR) is 68.3 cm³/mol. The zero-order chi connectivity index (χ0) is 12.7. The van der Waals surface area contributed by atoms with Crippen molar-refractivity contribution in [2.45, 2.75) is 47.5 Å². The van der Waals surface area contributed by atoms with Gasteiger partial charge in [-0.25, -0.2) is 0 Å². The average Bonchev–Trinajstić information content (AvgIpc) is 2.17. The molecular weight excluding hydrogens is 202 g/mol. The van der Waals surface area contributed by atoms with Crippen LogP contribution in [-0.4, -0.2) is 26.6 Å². The van der Waals surface area contributed by atoms with Crippen LogP contribution >= 0.6 is 0 Å². The monoisotopic (exact) mass is 231 g/mol. The second-order valence-electron chi connectivity index (χ2n) is 6.00. The summed E-state index contributed by atoms with van der Waals surface area (Å²) < 4.78 is 11.0. The smallest absolute Gasteiger partial charge is 0.0940 e. The molecule has 0 unspecified atom stereocenters. The van der Waals surface area contributed by atoms with Gasteiger partial charge in [-0.15, -0.1) is 0 Å². The molecule has 0 fully saturated rings. The maximum Gasteiger partial charge on any atom is 0.0940 e. The molecule has 16 heavy (non-hydrogen) atoms. The predicted octanol–water partition coefficient (Wildman–Crippen LogP) is 2.79. The Morgan fingerprint density at radius 3 is 2.00 bits per heavy atom. The largest absolute Gasteiger partial charge is 0.380 e. The number of hydrogen-bond donors (Lipinski definition) is 1. The van der Waals surface area contributed by atoms with E-state index in [9.17, 15) is 0 Å². The van der Waals surface area contributed by atoms with E-state index in [1.54, 1.807) is 0 Å². The van der Waals surface area contributed by atoms with Crippen molar-refractivity contribution in [1.82, 2.24) is 0 Å². The summed E-state index contributed by atoms with van der Waals surface area (Å²) in [6.07, 6.45) is 2.13. The van der Waals surface area contributed by atoms with Gasteiger partial charge in [0.2, 0.25) is 0 Å². The molecule has 0 spiro atoms. The van der Waals surface area contributed by atoms with Crippen LogP contribution in [-0.2, 0) is 9.47 Å². The van der Waals surface area contributed by atoms with Crippen LogP contribution in [0.5, 0.6) is 0 Å². The summed E-state index contributed by atoms with van der Waals surface area (Å²) >= 11 is 0. The highest BCUT2D eigenvalue weighted by Crippen LogP contribution is 2.24. The molecule has 0 aliphatic carbocycles. The lowest BCUT2D eigenvalue weighted by atomic mass is 9.89. The van der Waals surface area contributed by atoms with Gasteiger partial charge in [-0.05, 0) is 23.7 Å². The normalized spacial score (nSPS) is 13.1. The van der Waals surface area contributed by atoms with Gasteiger partial charge in [-0.1, -0.05) is 34.6 Å². The van der Waals surface area contributed by atoms with E-state index in [1.165, 1.54) is 0 Å². The molecule has 0 saturated heterocycles. The van der Waals surface area contributed by atoms with E-state index in [-0.39, 0.29) is 10.8 Å². The Balaban J connectivity index is 3.73. The third-order valence-corrected chi connectivity index (χ3v) is 2.98. The Morgan fingerprint density at radius 1 is 0.938 bits per heavy atom. The molecule has 0 radical (unpaired) electrons. The molecule has 0 aromatic heterocycles. The summed E-state index contributed by atoms with van der Waals surface area (Å²) in [4.78, 5) is 0. The molecule has 3 heteroatoms. The molecule has 0 aliphatic rings. The van der Waals surface area contributed by atoms with Gasteiger partial charge in [0.1, 0.15) is 0 Å². The quantitative estimate of drug-likeness (QED) is 0.490. The SMILES string of the molecule is CCC(C)(C)COCC(C)(C)CCOCN. The van der Waals surface area contributed by atoms with E-state index in [0.29, 0.717) is 13.3 Å². The van der Waals surface area contributed by atoms with Crippen molar-refractivity contribution in [3.05, 3.63) is 0 Å². The van der Waals surface area contributed by atoms with Crippen LogP contribution in [0, 0.1) is 10.8 Å². The first-order valence-electron chi connectivity index (χ1n) is 6.18. The van der Waals surface area contributed by atoms with Gasteiger partial charge >= 0.3 is 0 Å². The number of rotatable bonds is 9. The van der Waals surface area contributed by atoms with Crippen LogP contribution in [0.2, 0.25) is 0 Å². The van der Waals surface area contributed by atoms with Crippen molar-refractivity contribution in [1.29, 1.82) is 0 Å². The second kappa shape index (κ2) is 7.25. The van der Waals surface area contributed by atoms with Gasteiger partial charge in [0.25, 0.3) is 0 Å². The van der Waals surface area contributed by atoms with E-state index < -0.39 is 0 Å². The number of nitrogens with two attached hydrogens (primary N) is 1. The molecule has 0 atom stereocenters. The molecule has 98 valence electrons. The Labute approximate surface area is 101 Å². The summed E-state index contributed by atoms with van der Waals surface area (Å²) in [5.74, 6) is 0. The summed E-state index contributed by atoms with van der Waals surface area (Å²) in [5.41, 5.74) is 5.73. The topological polar surface area (TPSA) is 44.5 Å². The van der Waals surface area contributed by atoms with Gasteiger partial charge in [0.15, 0.2) is 0 Å². The zero-order valence-electron chi connectivity index (χ0n) is 11.6. The second-order valence-corrected chi connectivity index (χ2v) is 6.00. The van der Waals surface area contributed by atoms with Crippen molar-refractivity contribution in [2.24, 2.45) is 16.6 Å². The molecule has 0 amide bonds. The van der Waals surface area contributed by atoms with Gasteiger partial charge < -0.3 is 15.2 Å². The maximum atomic E-state index is 5.80. The Morgan fingerprint density at radius 2 is 1.50 bits per heavy atom. The van der Waals surface area contributed by atoms with Crippen LogP contribution in [0.25, 0.3) is 0 Å². The third kappa shape index (κ3) is 8.08. The van der Waals surface area contributed by atoms with E-state index in [2.05, 4.69) is 34.6 Å². The van der Waals surface area contributed by atoms with Crippen LogP contribution in [0.3, 0.4) is 0 Å². The first-order chi connectivity index (χ1) is 7.33. The van der Waals surface area contributed by atoms with Gasteiger partial charge in [0.05, 0.1) is 19.9 Å². The van der Waals surface area contributed by atoms with Crippen molar-refractivity contribution < 1.29 is 9.47 Å². The van der Waals surface area contributed by atoms with Crippen molar-refractivity contribution in [3.63, 3.8) is 0 Å². The minimum atomic E-state index is 0.166.